The van der Waals surface area contributed by atoms with Crippen LogP contribution in [0.15, 0.2) is 206 Å². The van der Waals surface area contributed by atoms with E-state index < -0.39 is 46.7 Å². The maximum absolute atomic E-state index is 14.0. The van der Waals surface area contributed by atoms with E-state index in [9.17, 15) is 61.4 Å². The smallest absolute Gasteiger partial charge is 1.00 e. The zero-order valence-corrected chi connectivity index (χ0v) is 84.4. The fourth-order valence-corrected chi connectivity index (χ4v) is 12.3. The van der Waals surface area contributed by atoms with E-state index in [4.69, 9.17) is 70.9 Å². The summed E-state index contributed by atoms with van der Waals surface area (Å²) in [7, 11) is 0. The van der Waals surface area contributed by atoms with Crippen molar-refractivity contribution in [2.75, 3.05) is 109 Å². The number of benzene rings is 8. The molecule has 35 heteroatoms. The van der Waals surface area contributed by atoms with Crippen LogP contribution in [0.2, 0.25) is 15.1 Å². The van der Waals surface area contributed by atoms with Crippen LogP contribution in [-0.4, -0.2) is 181 Å². The molecule has 0 atom stereocenters. The van der Waals surface area contributed by atoms with Crippen LogP contribution in [-0.2, 0) is 72.3 Å². The van der Waals surface area contributed by atoms with Crippen molar-refractivity contribution in [2.24, 2.45) is 11.7 Å². The molecule has 27 nitrogen and oxygen atoms in total. The van der Waals surface area contributed by atoms with Gasteiger partial charge < -0.3 is 77.5 Å². The van der Waals surface area contributed by atoms with Crippen LogP contribution in [0.3, 0.4) is 0 Å². The van der Waals surface area contributed by atoms with E-state index >= 15 is 0 Å². The van der Waals surface area contributed by atoms with Gasteiger partial charge in [0, 0.05) is 122 Å². The number of carboxylic acids is 1. The van der Waals surface area contributed by atoms with Gasteiger partial charge in [-0.3, -0.25) is 43.2 Å². The van der Waals surface area contributed by atoms with Crippen LogP contribution >= 0.6 is 50.7 Å². The van der Waals surface area contributed by atoms with E-state index in [2.05, 4.69) is 63.2 Å². The number of para-hydroxylation sites is 5. The van der Waals surface area contributed by atoms with Crippen LogP contribution in [0.4, 0.5) is 41.6 Å². The minimum Gasteiger partial charge on any atom is -1.00 e. The molecule has 0 saturated carbocycles. The van der Waals surface area contributed by atoms with Gasteiger partial charge >= 0.3 is 47.5 Å². The summed E-state index contributed by atoms with van der Waals surface area (Å²) in [6, 6.07) is 66.8. The SMILES string of the molecule is CC(C)(C)OC(=O)CBr.CC(C)(C)OC(=O)CN(CCC#N)c1ccccc1.CC(C)CCC(=O)NCc1cccc(Cl)c1F.CC(C)N(CC(=O)NCc1cccc(Cl)c1F)C(=O)CN(CCC(N)=O)c1ccccc1.CC(C)N(CC(=O)NCc1cccc(Cl)c1F)C(=O)CN(CCO)c1ccccc1.N#CCCN(CC(=O)O)c1ccccc1.N#CCCNc1ccccc1.[H-].[Na+]. The summed E-state index contributed by atoms with van der Waals surface area (Å²) in [4.78, 5) is 116. The summed E-state index contributed by atoms with van der Waals surface area (Å²) < 4.78 is 51.7. The molecule has 0 aliphatic carbocycles. The number of aliphatic hydroxyl groups excluding tert-OH is 1. The summed E-state index contributed by atoms with van der Waals surface area (Å²) in [5.41, 5.74) is 9.78. The molecule has 0 saturated heterocycles. The molecule has 0 aromatic heterocycles. The maximum atomic E-state index is 14.0. The van der Waals surface area contributed by atoms with Gasteiger partial charge in [-0.2, -0.15) is 15.8 Å². The fourth-order valence-electron chi connectivity index (χ4n) is 11.6. The topological polar surface area (TPSA) is 378 Å². The number of amides is 6. The Morgan fingerprint density at radius 3 is 1.08 bits per heavy atom. The molecule has 0 bridgehead atoms. The van der Waals surface area contributed by atoms with Gasteiger partial charge in [0.1, 0.15) is 47.1 Å². The van der Waals surface area contributed by atoms with E-state index in [-0.39, 0.29) is 188 Å². The molecule has 0 aliphatic rings. The number of hydrogen-bond donors (Lipinski definition) is 7. The number of ether oxygens (including phenoxy) is 2. The van der Waals surface area contributed by atoms with Crippen LogP contribution in [0.5, 0.6) is 0 Å². The second kappa shape index (κ2) is 67.7. The number of anilines is 5. The number of nitriles is 3. The third kappa shape index (κ3) is 53.5. The van der Waals surface area contributed by atoms with Crippen molar-refractivity contribution >= 4 is 133 Å². The molecular weight excluding hydrogens is 1860 g/mol. The normalized spacial score (nSPS) is 10.3. The average molecular weight is 1990 g/mol. The Hall–Kier alpha value is -11.4. The maximum Gasteiger partial charge on any atom is 1.00 e. The van der Waals surface area contributed by atoms with Crippen molar-refractivity contribution in [1.29, 1.82) is 15.8 Å². The standard InChI is InChI=1S/C23H28ClFN4O3.C22H27ClFN3O3.C15H20N2O2.C13H17ClFNO.C11H12N2O2.C9H10N2.C6H11BrO2.Na.H/c1-16(2)29(14-21(31)27-13-17-7-6-10-19(24)23(17)25)22(32)15-28(12-11-20(26)30)18-8-4-3-5-9-18;1-16(2)27(14-20(29)25-13-17-7-6-10-19(23)22(17)24)21(30)15-26(11-12-28)18-8-4-3-5-9-18;1-15(2,3)19-14(18)12-17(11-7-10-16)13-8-5-4-6-9-13;1-9(2)6-7-12(17)16-8-10-4-3-5-11(14)13(10)15;12-7-4-8-13(9-11(14)15)10-5-2-1-3-6-10;10-7-4-8-11-9-5-2-1-3-6-9;1-6(2,3)9-5(8)4-7;;/h3-10,16H,11-15H2,1-2H3,(H2,26,30)(H,27,31);3-10,16,28H,11-15H2,1-2H3,(H,25,29);4-6,8-9H,7,11-12H2,1-3H3;3-5,9H,6-8H2,1-2H3,(H,16,17);1-3,5-6H,4,8-9H2,(H,14,15);1-3,5-6,11H,4,8H2;4H2,1-3H3;;/q;;;;;;;+1;-1. The number of esters is 2. The Balaban J connectivity index is 0.00000161. The van der Waals surface area contributed by atoms with Crippen LogP contribution in [0.1, 0.15) is 140 Å². The largest absolute Gasteiger partial charge is 1.00 e. The van der Waals surface area contributed by atoms with Gasteiger partial charge in [-0.1, -0.05) is 192 Å². The molecule has 0 fully saturated rings. The molecule has 0 aliphatic heterocycles. The molecule has 8 N–H and O–H groups in total. The van der Waals surface area contributed by atoms with E-state index in [1.807, 2.05) is 218 Å². The van der Waals surface area contributed by atoms with Gasteiger partial charge in [0.05, 0.1) is 85.3 Å². The van der Waals surface area contributed by atoms with E-state index in [0.29, 0.717) is 56.8 Å². The Morgan fingerprint density at radius 2 is 0.776 bits per heavy atom. The number of primary amides is 1. The molecule has 6 amide bonds. The van der Waals surface area contributed by atoms with E-state index in [1.54, 1.807) is 58.9 Å². The third-order valence-corrected chi connectivity index (χ3v) is 19.4. The molecule has 8 aromatic rings. The Kier molecular flexibility index (Phi) is 60.9. The first-order valence-electron chi connectivity index (χ1n) is 42.9. The number of carboxylic acid groups (broad SMARTS) is 1. The summed E-state index contributed by atoms with van der Waals surface area (Å²) in [5.74, 6) is -4.39. The zero-order chi connectivity index (χ0) is 99.4. The van der Waals surface area contributed by atoms with Gasteiger partial charge in [0.2, 0.25) is 35.4 Å². The predicted octanol–water partition coefficient (Wildman–Crippen LogP) is 14.2. The summed E-state index contributed by atoms with van der Waals surface area (Å²) >= 11 is 20.2. The number of carbonyl (C=O) groups excluding carboxylic acids is 8. The van der Waals surface area contributed by atoms with Gasteiger partial charge in [0.15, 0.2) is 0 Å². The number of carbonyl (C=O) groups is 9. The molecule has 8 rings (SSSR count). The minimum absolute atomic E-state index is 0. The Bertz CT molecular complexity index is 4970. The number of alkyl halides is 1. The minimum atomic E-state index is -0.892. The monoisotopic (exact) mass is 1980 g/mol. The van der Waals surface area contributed by atoms with Crippen molar-refractivity contribution < 1.29 is 107 Å². The van der Waals surface area contributed by atoms with Crippen molar-refractivity contribution in [3.63, 3.8) is 0 Å². The average Bonchev–Trinajstić information content (AvgIpc) is 0.868. The molecule has 0 heterocycles. The quantitative estimate of drug-likeness (QED) is 0.00811. The van der Waals surface area contributed by atoms with Crippen molar-refractivity contribution in [1.82, 2.24) is 25.8 Å². The van der Waals surface area contributed by atoms with E-state index in [1.165, 1.54) is 34.1 Å². The number of nitrogens with one attached hydrogen (secondary N) is 4. The first-order chi connectivity index (χ1) is 63.1. The predicted molar refractivity (Wildman–Crippen MR) is 523 cm³/mol. The summed E-state index contributed by atoms with van der Waals surface area (Å²) in [5, 5.41) is 54.9. The third-order valence-electron chi connectivity index (χ3n) is 18.0. The van der Waals surface area contributed by atoms with Crippen LogP contribution in [0.25, 0.3) is 0 Å². The van der Waals surface area contributed by atoms with Crippen molar-refractivity contribution in [2.45, 2.75) is 165 Å². The van der Waals surface area contributed by atoms with Crippen molar-refractivity contribution in [3.05, 3.63) is 255 Å². The zero-order valence-electron chi connectivity index (χ0n) is 79.6. The Morgan fingerprint density at radius 1 is 0.448 bits per heavy atom. The van der Waals surface area contributed by atoms with Gasteiger partial charge in [-0.25, -0.2) is 13.2 Å². The number of aliphatic hydroxyl groups is 1. The second-order valence-electron chi connectivity index (χ2n) is 32.3. The molecule has 8 aromatic carbocycles. The van der Waals surface area contributed by atoms with Gasteiger partial charge in [0.25, 0.3) is 0 Å². The number of halogens is 7. The van der Waals surface area contributed by atoms with Gasteiger partial charge in [-0.05, 0) is 160 Å². The fraction of sp³-hybridized carbons (Fsp3) is 0.394. The number of nitrogens with two attached hydrogens (primary N) is 1. The molecule has 0 spiro atoms. The number of aliphatic carboxylic acids is 1. The summed E-state index contributed by atoms with van der Waals surface area (Å²) in [6.07, 6.45) is 2.65. The number of nitrogens with zero attached hydrogens (tertiary/aromatic N) is 9. The molecule has 0 radical (unpaired) electrons. The summed E-state index contributed by atoms with van der Waals surface area (Å²) in [6.45, 7) is 24.4. The Labute approximate surface area is 833 Å². The number of hydrogen-bond acceptors (Lipinski definition) is 20. The van der Waals surface area contributed by atoms with Crippen molar-refractivity contribution in [3.8, 4) is 18.2 Å². The first kappa shape index (κ1) is 121. The molecular formula is C99H126BrCl3F3N14NaO13. The van der Waals surface area contributed by atoms with E-state index in [0.717, 1.165) is 41.4 Å². The molecule has 0 unspecified atom stereocenters. The second-order valence-corrected chi connectivity index (χ2v) is 34.1. The molecule has 720 valence electrons. The van der Waals surface area contributed by atoms with Gasteiger partial charge in [-0.15, -0.1) is 0 Å². The van der Waals surface area contributed by atoms with Crippen LogP contribution in [0, 0.1) is 57.4 Å². The number of rotatable bonds is 40. The molecule has 134 heavy (non-hydrogen) atoms. The van der Waals surface area contributed by atoms with Crippen LogP contribution < -0.4 is 76.2 Å². The first-order valence-corrected chi connectivity index (χ1v) is 45.2.